The Balaban J connectivity index is 1.52. The predicted octanol–water partition coefficient (Wildman–Crippen LogP) is 1.23. The Morgan fingerprint density at radius 1 is 1.37 bits per heavy atom. The second-order valence-electron chi connectivity index (χ2n) is 5.74. The van der Waals surface area contributed by atoms with E-state index in [2.05, 4.69) is 15.2 Å². The molecular weight excluding hydrogens is 238 g/mol. The van der Waals surface area contributed by atoms with Gasteiger partial charge in [0.1, 0.15) is 0 Å². The third kappa shape index (κ3) is 2.63. The average molecular weight is 259 g/mol. The second-order valence-corrected chi connectivity index (χ2v) is 5.74. The van der Waals surface area contributed by atoms with Gasteiger partial charge in [-0.25, -0.2) is 0 Å². The Bertz CT molecular complexity index is 444. The molecule has 0 spiro atoms. The zero-order chi connectivity index (χ0) is 13.1. The smallest absolute Gasteiger partial charge is 0.227 e. The summed E-state index contributed by atoms with van der Waals surface area (Å²) in [4.78, 5) is 19.1. The van der Waals surface area contributed by atoms with Gasteiger partial charge in [0.15, 0.2) is 0 Å². The molecule has 0 aliphatic carbocycles. The molecule has 3 rings (SSSR count). The zero-order valence-corrected chi connectivity index (χ0v) is 11.3. The third-order valence-electron chi connectivity index (χ3n) is 4.44. The summed E-state index contributed by atoms with van der Waals surface area (Å²) >= 11 is 0. The molecule has 2 saturated heterocycles. The Labute approximate surface area is 114 Å². The molecular formula is C15H21N3O. The fourth-order valence-corrected chi connectivity index (χ4v) is 3.33. The number of nitrogens with zero attached hydrogens (tertiary/aromatic N) is 2. The van der Waals surface area contributed by atoms with E-state index in [1.807, 2.05) is 18.2 Å². The standard InChI is InChI=1S/C15H21N3O/c19-14(15-6-3-10-18(12-15)11-7-15)17-9-5-13-4-1-2-8-16-13/h1-2,4,8H,3,5-7,9-12H2,(H,17,19). The van der Waals surface area contributed by atoms with Crippen LogP contribution in [0.15, 0.2) is 24.4 Å². The van der Waals surface area contributed by atoms with Crippen molar-refractivity contribution >= 4 is 5.91 Å². The number of carbonyl (C=O) groups excluding carboxylic acids is 1. The number of fused-ring (bicyclic) bond motifs is 2. The molecule has 19 heavy (non-hydrogen) atoms. The van der Waals surface area contributed by atoms with Gasteiger partial charge in [-0.05, 0) is 44.5 Å². The van der Waals surface area contributed by atoms with Crippen LogP contribution in [0, 0.1) is 5.41 Å². The first-order valence-electron chi connectivity index (χ1n) is 7.19. The monoisotopic (exact) mass is 259 g/mol. The number of rotatable bonds is 4. The maximum Gasteiger partial charge on any atom is 0.227 e. The highest BCUT2D eigenvalue weighted by atomic mass is 16.2. The summed E-state index contributed by atoms with van der Waals surface area (Å²) in [7, 11) is 0. The van der Waals surface area contributed by atoms with Crippen LogP contribution in [0.1, 0.15) is 25.0 Å². The van der Waals surface area contributed by atoms with Crippen LogP contribution >= 0.6 is 0 Å². The summed E-state index contributed by atoms with van der Waals surface area (Å²) in [5, 5.41) is 3.11. The van der Waals surface area contributed by atoms with Crippen LogP contribution in [0.25, 0.3) is 0 Å². The number of hydrogen-bond donors (Lipinski definition) is 1. The lowest BCUT2D eigenvalue weighted by Gasteiger charge is -2.32. The lowest BCUT2D eigenvalue weighted by atomic mass is 9.80. The largest absolute Gasteiger partial charge is 0.355 e. The zero-order valence-electron chi connectivity index (χ0n) is 11.3. The van der Waals surface area contributed by atoms with Gasteiger partial charge in [-0.15, -0.1) is 0 Å². The number of amides is 1. The van der Waals surface area contributed by atoms with Crippen molar-refractivity contribution in [2.45, 2.75) is 25.7 Å². The summed E-state index contributed by atoms with van der Waals surface area (Å²) in [6, 6.07) is 5.90. The van der Waals surface area contributed by atoms with Crippen LogP contribution in [0.2, 0.25) is 0 Å². The predicted molar refractivity (Wildman–Crippen MR) is 73.7 cm³/mol. The molecule has 0 saturated carbocycles. The van der Waals surface area contributed by atoms with E-state index in [-0.39, 0.29) is 11.3 Å². The normalized spacial score (nSPS) is 29.2. The quantitative estimate of drug-likeness (QED) is 0.884. The molecule has 1 N–H and O–H groups in total. The first-order valence-corrected chi connectivity index (χ1v) is 7.19. The number of aromatic nitrogens is 1. The molecule has 4 heteroatoms. The Kier molecular flexibility index (Phi) is 3.51. The van der Waals surface area contributed by atoms with E-state index >= 15 is 0 Å². The van der Waals surface area contributed by atoms with Crippen LogP contribution < -0.4 is 5.32 Å². The highest BCUT2D eigenvalue weighted by Gasteiger charge is 2.46. The summed E-state index contributed by atoms with van der Waals surface area (Å²) in [5.41, 5.74) is 0.944. The number of pyridine rings is 1. The van der Waals surface area contributed by atoms with Crippen molar-refractivity contribution < 1.29 is 4.79 Å². The SMILES string of the molecule is O=C(NCCc1ccccn1)C12CCCN(CC1)C2. The second kappa shape index (κ2) is 5.29. The Hall–Kier alpha value is -1.42. The van der Waals surface area contributed by atoms with Crippen molar-refractivity contribution in [3.05, 3.63) is 30.1 Å². The van der Waals surface area contributed by atoms with Gasteiger partial charge in [0.2, 0.25) is 5.91 Å². The van der Waals surface area contributed by atoms with Gasteiger partial charge in [-0.2, -0.15) is 0 Å². The van der Waals surface area contributed by atoms with Crippen LogP contribution in [0.4, 0.5) is 0 Å². The van der Waals surface area contributed by atoms with Crippen LogP contribution in [0.3, 0.4) is 0 Å². The van der Waals surface area contributed by atoms with Crippen molar-refractivity contribution in [3.63, 3.8) is 0 Å². The van der Waals surface area contributed by atoms with E-state index in [9.17, 15) is 4.79 Å². The van der Waals surface area contributed by atoms with Crippen molar-refractivity contribution in [1.82, 2.24) is 15.2 Å². The van der Waals surface area contributed by atoms with Crippen molar-refractivity contribution in [2.75, 3.05) is 26.2 Å². The molecule has 1 amide bonds. The molecule has 3 heterocycles. The van der Waals surface area contributed by atoms with Crippen molar-refractivity contribution in [3.8, 4) is 0 Å². The highest BCUT2D eigenvalue weighted by Crippen LogP contribution is 2.39. The highest BCUT2D eigenvalue weighted by molar-refractivity contribution is 5.83. The average Bonchev–Trinajstić information content (AvgIpc) is 2.76. The molecule has 102 valence electrons. The summed E-state index contributed by atoms with van der Waals surface area (Å²) in [6.07, 6.45) is 5.85. The summed E-state index contributed by atoms with van der Waals surface area (Å²) in [6.45, 7) is 3.91. The maximum atomic E-state index is 12.4. The van der Waals surface area contributed by atoms with E-state index in [4.69, 9.17) is 0 Å². The summed E-state index contributed by atoms with van der Waals surface area (Å²) < 4.78 is 0. The fourth-order valence-electron chi connectivity index (χ4n) is 3.33. The Morgan fingerprint density at radius 3 is 3.16 bits per heavy atom. The summed E-state index contributed by atoms with van der Waals surface area (Å²) in [5.74, 6) is 0.255. The van der Waals surface area contributed by atoms with Crippen molar-refractivity contribution in [1.29, 1.82) is 0 Å². The molecule has 2 unspecified atom stereocenters. The van der Waals surface area contributed by atoms with Gasteiger partial charge in [-0.3, -0.25) is 9.78 Å². The molecule has 1 aromatic heterocycles. The van der Waals surface area contributed by atoms with E-state index in [1.54, 1.807) is 6.20 Å². The lowest BCUT2D eigenvalue weighted by molar-refractivity contribution is -0.131. The van der Waals surface area contributed by atoms with Gasteiger partial charge < -0.3 is 10.2 Å². The molecule has 4 nitrogen and oxygen atoms in total. The first-order chi connectivity index (χ1) is 9.28. The molecule has 0 aromatic carbocycles. The molecule has 2 aliphatic rings. The molecule has 2 aliphatic heterocycles. The van der Waals surface area contributed by atoms with Gasteiger partial charge in [0, 0.05) is 31.4 Å². The molecule has 2 fully saturated rings. The minimum atomic E-state index is -0.0949. The van der Waals surface area contributed by atoms with Crippen LogP contribution in [-0.2, 0) is 11.2 Å². The topological polar surface area (TPSA) is 45.2 Å². The fraction of sp³-hybridized carbons (Fsp3) is 0.600. The van der Waals surface area contributed by atoms with Crippen LogP contribution in [-0.4, -0.2) is 42.0 Å². The number of piperidine rings is 1. The van der Waals surface area contributed by atoms with Gasteiger partial charge in [-0.1, -0.05) is 6.07 Å². The van der Waals surface area contributed by atoms with E-state index in [1.165, 1.54) is 6.54 Å². The molecule has 1 aromatic rings. The first kappa shape index (κ1) is 12.6. The van der Waals surface area contributed by atoms with Crippen molar-refractivity contribution in [2.24, 2.45) is 5.41 Å². The van der Waals surface area contributed by atoms with E-state index in [0.717, 1.165) is 44.5 Å². The number of nitrogens with one attached hydrogen (secondary N) is 1. The van der Waals surface area contributed by atoms with E-state index < -0.39 is 0 Å². The third-order valence-corrected chi connectivity index (χ3v) is 4.44. The maximum absolute atomic E-state index is 12.4. The van der Waals surface area contributed by atoms with Gasteiger partial charge in [0.25, 0.3) is 0 Å². The molecule has 0 radical (unpaired) electrons. The number of carbonyl (C=O) groups is 1. The van der Waals surface area contributed by atoms with Crippen LogP contribution in [0.5, 0.6) is 0 Å². The molecule has 2 bridgehead atoms. The van der Waals surface area contributed by atoms with Gasteiger partial charge in [0.05, 0.1) is 5.41 Å². The van der Waals surface area contributed by atoms with Gasteiger partial charge >= 0.3 is 0 Å². The molecule has 2 atom stereocenters. The Morgan fingerprint density at radius 2 is 2.32 bits per heavy atom. The number of hydrogen-bond acceptors (Lipinski definition) is 3. The lowest BCUT2D eigenvalue weighted by Crippen LogP contribution is -2.46. The minimum Gasteiger partial charge on any atom is -0.355 e. The van der Waals surface area contributed by atoms with E-state index in [0.29, 0.717) is 6.54 Å². The minimum absolute atomic E-state index is 0.0949.